The fraction of sp³-hybridized carbons (Fsp3) is 0.310. The van der Waals surface area contributed by atoms with Crippen molar-refractivity contribution < 1.29 is 19.1 Å². The minimum absolute atomic E-state index is 0.0826. The first-order chi connectivity index (χ1) is 18.7. The number of benzene rings is 2. The van der Waals surface area contributed by atoms with Crippen LogP contribution in [0.4, 0.5) is 21.3 Å². The van der Waals surface area contributed by atoms with E-state index in [0.717, 1.165) is 10.4 Å². The Labute approximate surface area is 231 Å². The largest absolute Gasteiger partial charge is 0.443 e. The van der Waals surface area contributed by atoms with Crippen molar-refractivity contribution >= 4 is 50.1 Å². The van der Waals surface area contributed by atoms with Crippen LogP contribution in [-0.2, 0) is 9.53 Å². The third-order valence-electron chi connectivity index (χ3n) is 6.18. The fourth-order valence-corrected chi connectivity index (χ4v) is 5.33. The van der Waals surface area contributed by atoms with Gasteiger partial charge in [-0.2, -0.15) is 0 Å². The van der Waals surface area contributed by atoms with E-state index in [0.29, 0.717) is 54.1 Å². The predicted octanol–water partition coefficient (Wildman–Crippen LogP) is 6.23. The Kier molecular flexibility index (Phi) is 7.38. The topological polar surface area (TPSA) is 88.1 Å². The molecule has 39 heavy (non-hydrogen) atoms. The molecule has 1 saturated heterocycles. The predicted molar refractivity (Wildman–Crippen MR) is 153 cm³/mol. The minimum atomic E-state index is -0.666. The lowest BCUT2D eigenvalue weighted by molar-refractivity contribution is -0.129. The van der Waals surface area contributed by atoms with Crippen LogP contribution in [0, 0.1) is 0 Å². The van der Waals surface area contributed by atoms with Gasteiger partial charge in [0.05, 0.1) is 10.4 Å². The van der Waals surface area contributed by atoms with E-state index in [-0.39, 0.29) is 5.91 Å². The summed E-state index contributed by atoms with van der Waals surface area (Å²) >= 11 is 1.38. The molecule has 0 unspecified atom stereocenters. The summed E-state index contributed by atoms with van der Waals surface area (Å²) in [5, 5.41) is 0.475. The lowest BCUT2D eigenvalue weighted by Crippen LogP contribution is -2.48. The van der Waals surface area contributed by atoms with E-state index in [1.807, 2.05) is 86.3 Å². The summed E-state index contributed by atoms with van der Waals surface area (Å²) in [5.74, 6) is 1.08. The fourth-order valence-electron chi connectivity index (χ4n) is 4.34. The minimum Gasteiger partial charge on any atom is -0.443 e. The number of aromatic nitrogens is 2. The number of thiazole rings is 1. The average molecular weight is 546 g/mol. The summed E-state index contributed by atoms with van der Waals surface area (Å²) in [6.45, 7) is 9.78. The van der Waals surface area contributed by atoms with Gasteiger partial charge in [-0.25, -0.2) is 19.7 Å². The van der Waals surface area contributed by atoms with Crippen LogP contribution < -0.4 is 14.5 Å². The van der Waals surface area contributed by atoms with Crippen molar-refractivity contribution in [1.29, 1.82) is 0 Å². The van der Waals surface area contributed by atoms with Crippen molar-refractivity contribution in [2.45, 2.75) is 33.3 Å². The maximum absolute atomic E-state index is 13.3. The zero-order valence-corrected chi connectivity index (χ0v) is 23.3. The Bertz CT molecular complexity index is 1480. The number of ether oxygens (including phenoxy) is 2. The number of rotatable bonds is 5. The van der Waals surface area contributed by atoms with E-state index >= 15 is 0 Å². The first kappa shape index (κ1) is 26.4. The summed E-state index contributed by atoms with van der Waals surface area (Å²) in [4.78, 5) is 39.9. The number of anilines is 3. The van der Waals surface area contributed by atoms with Gasteiger partial charge in [0.2, 0.25) is 16.9 Å². The van der Waals surface area contributed by atoms with Crippen LogP contribution in [0.2, 0.25) is 0 Å². The molecule has 0 N–H and O–H groups in total. The van der Waals surface area contributed by atoms with Crippen molar-refractivity contribution in [1.82, 2.24) is 14.9 Å². The summed E-state index contributed by atoms with van der Waals surface area (Å²) in [7, 11) is 0. The van der Waals surface area contributed by atoms with Crippen molar-refractivity contribution in [3.63, 3.8) is 0 Å². The smallest absolute Gasteiger partial charge is 0.421 e. The SMILES string of the molecule is CC(=O)N1CCN(c2cccnc2Oc2cccc3sc(N(C(=O)OC(C)(C)C)c4ccccc4)nc23)CC1. The molecule has 0 spiro atoms. The Morgan fingerprint density at radius 2 is 1.69 bits per heavy atom. The summed E-state index contributed by atoms with van der Waals surface area (Å²) in [6, 6.07) is 18.9. The van der Waals surface area contributed by atoms with Crippen molar-refractivity contribution in [2.75, 3.05) is 36.0 Å². The van der Waals surface area contributed by atoms with Gasteiger partial charge in [0.1, 0.15) is 16.8 Å². The van der Waals surface area contributed by atoms with Crippen LogP contribution in [0.3, 0.4) is 0 Å². The normalized spacial score (nSPS) is 13.8. The van der Waals surface area contributed by atoms with Gasteiger partial charge >= 0.3 is 6.09 Å². The number of hydrogen-bond donors (Lipinski definition) is 0. The molecular formula is C29H31N5O4S. The van der Waals surface area contributed by atoms with Crippen LogP contribution in [-0.4, -0.2) is 58.6 Å². The molecule has 1 aliphatic heterocycles. The van der Waals surface area contributed by atoms with Gasteiger partial charge in [0, 0.05) is 39.3 Å². The second-order valence-electron chi connectivity index (χ2n) is 10.2. The maximum Gasteiger partial charge on any atom is 0.421 e. The van der Waals surface area contributed by atoms with E-state index in [2.05, 4.69) is 9.88 Å². The van der Waals surface area contributed by atoms with E-state index < -0.39 is 11.7 Å². The van der Waals surface area contributed by atoms with E-state index in [9.17, 15) is 9.59 Å². The molecule has 2 aromatic carbocycles. The quantitative estimate of drug-likeness (QED) is 0.294. The molecule has 1 fully saturated rings. The molecule has 202 valence electrons. The van der Waals surface area contributed by atoms with Crippen molar-refractivity contribution in [3.8, 4) is 11.6 Å². The van der Waals surface area contributed by atoms with E-state index in [1.165, 1.54) is 16.2 Å². The third-order valence-corrected chi connectivity index (χ3v) is 7.18. The molecule has 3 heterocycles. The molecular weight excluding hydrogens is 514 g/mol. The molecule has 5 rings (SSSR count). The first-order valence-corrected chi connectivity index (χ1v) is 13.6. The molecule has 0 bridgehead atoms. The van der Waals surface area contributed by atoms with E-state index in [4.69, 9.17) is 14.5 Å². The Hall–Kier alpha value is -4.18. The van der Waals surface area contributed by atoms with Gasteiger partial charge in [0.25, 0.3) is 0 Å². The average Bonchev–Trinajstić information content (AvgIpc) is 3.33. The number of carbonyl (C=O) groups excluding carboxylic acids is 2. The van der Waals surface area contributed by atoms with Crippen molar-refractivity contribution in [2.24, 2.45) is 0 Å². The van der Waals surface area contributed by atoms with Gasteiger partial charge < -0.3 is 19.3 Å². The number of carbonyl (C=O) groups is 2. The van der Waals surface area contributed by atoms with Crippen LogP contribution in [0.25, 0.3) is 10.2 Å². The lowest BCUT2D eigenvalue weighted by Gasteiger charge is -2.35. The maximum atomic E-state index is 13.3. The first-order valence-electron chi connectivity index (χ1n) is 12.8. The Balaban J connectivity index is 1.47. The van der Waals surface area contributed by atoms with Crippen molar-refractivity contribution in [3.05, 3.63) is 66.9 Å². The monoisotopic (exact) mass is 545 g/mol. The van der Waals surface area contributed by atoms with Crippen LogP contribution in [0.15, 0.2) is 66.9 Å². The molecule has 4 aromatic rings. The van der Waals surface area contributed by atoms with Gasteiger partial charge in [-0.1, -0.05) is 35.6 Å². The summed E-state index contributed by atoms with van der Waals surface area (Å²) in [6.07, 6.45) is 1.18. The molecule has 0 atom stereocenters. The number of pyridine rings is 1. The molecule has 10 heteroatoms. The molecule has 0 saturated carbocycles. The highest BCUT2D eigenvalue weighted by atomic mass is 32.1. The van der Waals surface area contributed by atoms with Gasteiger partial charge in [-0.05, 0) is 57.2 Å². The highest BCUT2D eigenvalue weighted by Gasteiger charge is 2.28. The zero-order chi connectivity index (χ0) is 27.6. The number of para-hydroxylation sites is 2. The number of fused-ring (bicyclic) bond motifs is 1. The molecule has 0 aliphatic carbocycles. The zero-order valence-electron chi connectivity index (χ0n) is 22.5. The lowest BCUT2D eigenvalue weighted by atomic mass is 10.2. The molecule has 0 radical (unpaired) electrons. The number of nitrogens with zero attached hydrogens (tertiary/aromatic N) is 5. The molecule has 2 amide bonds. The van der Waals surface area contributed by atoms with Gasteiger partial charge in [0.15, 0.2) is 5.75 Å². The Morgan fingerprint density at radius 1 is 0.949 bits per heavy atom. The molecule has 1 aliphatic rings. The Morgan fingerprint density at radius 3 is 2.38 bits per heavy atom. The highest BCUT2D eigenvalue weighted by molar-refractivity contribution is 7.22. The van der Waals surface area contributed by atoms with Gasteiger partial charge in [-0.15, -0.1) is 0 Å². The molecule has 2 aromatic heterocycles. The van der Waals surface area contributed by atoms with E-state index in [1.54, 1.807) is 13.1 Å². The number of hydrogen-bond acceptors (Lipinski definition) is 8. The second-order valence-corrected chi connectivity index (χ2v) is 11.2. The number of amides is 2. The second kappa shape index (κ2) is 10.9. The van der Waals surface area contributed by atoms with Gasteiger partial charge in [-0.3, -0.25) is 4.79 Å². The van der Waals surface area contributed by atoms with Crippen LogP contribution in [0.1, 0.15) is 27.7 Å². The third kappa shape index (κ3) is 5.96. The van der Waals surface area contributed by atoms with Crippen LogP contribution >= 0.6 is 11.3 Å². The summed E-state index contributed by atoms with van der Waals surface area (Å²) < 4.78 is 12.9. The number of piperazine rings is 1. The van der Waals surface area contributed by atoms with Crippen LogP contribution in [0.5, 0.6) is 11.6 Å². The summed E-state index contributed by atoms with van der Waals surface area (Å²) in [5.41, 5.74) is 1.47. The standard InChI is InChI=1S/C29H31N5O4S/c1-20(35)32-16-18-33(19-17-32)22-12-9-15-30-26(22)37-23-13-8-14-24-25(23)31-27(39-24)34(21-10-6-5-7-11-21)28(36)38-29(2,3)4/h5-15H,16-19H2,1-4H3. The highest BCUT2D eigenvalue weighted by Crippen LogP contribution is 2.40. The molecule has 9 nitrogen and oxygen atoms in total.